The Morgan fingerprint density at radius 2 is 2.09 bits per heavy atom. The number of ether oxygens (including phenoxy) is 1. The molecule has 2 aliphatic rings. The Hall–Kier alpha value is -2.93. The molecule has 0 unspecified atom stereocenters. The second-order valence-electron chi connectivity index (χ2n) is 9.43. The van der Waals surface area contributed by atoms with Crippen molar-refractivity contribution < 1.29 is 18.7 Å². The number of nitrogens with one attached hydrogen (secondary N) is 2. The Labute approximate surface area is 194 Å². The zero-order valence-electron chi connectivity index (χ0n) is 19.5. The predicted octanol–water partition coefficient (Wildman–Crippen LogP) is 4.35. The van der Waals surface area contributed by atoms with Crippen molar-refractivity contribution in [2.45, 2.75) is 63.6 Å². The minimum absolute atomic E-state index is 0.00828. The van der Waals surface area contributed by atoms with E-state index in [2.05, 4.69) is 22.5 Å². The van der Waals surface area contributed by atoms with Crippen molar-refractivity contribution in [3.63, 3.8) is 0 Å². The third kappa shape index (κ3) is 5.03. The fraction of sp³-hybridized carbons (Fsp3) is 0.462. The van der Waals surface area contributed by atoms with E-state index in [0.29, 0.717) is 12.8 Å². The summed E-state index contributed by atoms with van der Waals surface area (Å²) in [6.07, 6.45) is 3.84. The highest BCUT2D eigenvalue weighted by atomic mass is 19.1. The van der Waals surface area contributed by atoms with Crippen LogP contribution in [0.5, 0.6) is 5.75 Å². The van der Waals surface area contributed by atoms with Gasteiger partial charge in [0.15, 0.2) is 0 Å². The summed E-state index contributed by atoms with van der Waals surface area (Å²) in [5.74, 6) is 0.0739. The summed E-state index contributed by atoms with van der Waals surface area (Å²) in [5, 5.41) is 6.00. The summed E-state index contributed by atoms with van der Waals surface area (Å²) in [4.78, 5) is 27.8. The van der Waals surface area contributed by atoms with Crippen molar-refractivity contribution in [3.8, 4) is 5.75 Å². The molecule has 33 heavy (non-hydrogen) atoms. The van der Waals surface area contributed by atoms with Gasteiger partial charge in [-0.05, 0) is 68.5 Å². The lowest BCUT2D eigenvalue weighted by Crippen LogP contribution is -2.56. The molecule has 2 saturated heterocycles. The minimum Gasteiger partial charge on any atom is -0.497 e. The third-order valence-corrected chi connectivity index (χ3v) is 6.91. The number of fused-ring (bicyclic) bond motifs is 1. The summed E-state index contributed by atoms with van der Waals surface area (Å²) in [6.45, 7) is 4.04. The molecule has 176 valence electrons. The summed E-state index contributed by atoms with van der Waals surface area (Å²) in [6, 6.07) is 12.4. The van der Waals surface area contributed by atoms with E-state index in [9.17, 15) is 14.0 Å². The van der Waals surface area contributed by atoms with E-state index < -0.39 is 11.4 Å². The lowest BCUT2D eigenvalue weighted by molar-refractivity contribution is -0.123. The van der Waals surface area contributed by atoms with Gasteiger partial charge in [0.1, 0.15) is 11.6 Å². The van der Waals surface area contributed by atoms with Gasteiger partial charge in [0.05, 0.1) is 24.9 Å². The molecule has 2 amide bonds. The number of anilines is 1. The molecule has 0 aliphatic carbocycles. The highest BCUT2D eigenvalue weighted by Crippen LogP contribution is 2.45. The molecule has 2 fully saturated rings. The fourth-order valence-electron chi connectivity index (χ4n) is 5.33. The second-order valence-corrected chi connectivity index (χ2v) is 9.43. The maximum atomic E-state index is 14.3. The Morgan fingerprint density at radius 1 is 1.27 bits per heavy atom. The van der Waals surface area contributed by atoms with E-state index in [1.54, 1.807) is 19.2 Å². The largest absolute Gasteiger partial charge is 0.497 e. The molecule has 2 aliphatic heterocycles. The molecule has 6 nitrogen and oxygen atoms in total. The lowest BCUT2D eigenvalue weighted by Gasteiger charge is -2.38. The molecule has 0 spiro atoms. The molecule has 4 rings (SSSR count). The molecule has 0 radical (unpaired) electrons. The normalized spacial score (nSPS) is 25.5. The smallest absolute Gasteiger partial charge is 0.238 e. The molecule has 2 heterocycles. The molecule has 2 N–H and O–H groups in total. The van der Waals surface area contributed by atoms with Crippen LogP contribution in [-0.2, 0) is 9.59 Å². The standard InChI is InChI=1S/C26H32FN3O3/c1-17-11-12-20(27)21(13-17)28-25(32)16-30-22(18-7-6-8-19(14-18)33-3)15-26(2)23(30)9-4-5-10-24(31)29-26/h6-8,11-14,22-23H,4-5,9-10,15-16H2,1-3H3,(H,28,32)(H,29,31)/t22-,23-,26-/m0/s1. The van der Waals surface area contributed by atoms with E-state index in [0.717, 1.165) is 36.1 Å². The van der Waals surface area contributed by atoms with Crippen LogP contribution in [0.2, 0.25) is 0 Å². The number of nitrogens with zero attached hydrogens (tertiary/aromatic N) is 1. The first kappa shape index (κ1) is 23.2. The van der Waals surface area contributed by atoms with Crippen molar-refractivity contribution in [2.75, 3.05) is 19.0 Å². The minimum atomic E-state index is -0.458. The molecule has 2 aromatic carbocycles. The monoisotopic (exact) mass is 453 g/mol. The molecular formula is C26H32FN3O3. The van der Waals surface area contributed by atoms with Crippen molar-refractivity contribution in [2.24, 2.45) is 0 Å². The first-order valence-electron chi connectivity index (χ1n) is 11.6. The summed E-state index contributed by atoms with van der Waals surface area (Å²) in [7, 11) is 1.63. The van der Waals surface area contributed by atoms with Gasteiger partial charge in [-0.25, -0.2) is 4.39 Å². The first-order valence-corrected chi connectivity index (χ1v) is 11.6. The zero-order chi connectivity index (χ0) is 23.6. The molecule has 0 bridgehead atoms. The number of rotatable bonds is 5. The second kappa shape index (κ2) is 9.51. The number of aryl methyl sites for hydroxylation is 1. The number of benzene rings is 2. The maximum Gasteiger partial charge on any atom is 0.238 e. The van der Waals surface area contributed by atoms with Crippen LogP contribution in [0.1, 0.15) is 56.2 Å². The number of carbonyl (C=O) groups is 2. The van der Waals surface area contributed by atoms with Gasteiger partial charge in [-0.2, -0.15) is 0 Å². The molecule has 0 saturated carbocycles. The molecule has 3 atom stereocenters. The molecule has 2 aromatic rings. The van der Waals surface area contributed by atoms with Gasteiger partial charge in [0.25, 0.3) is 0 Å². The van der Waals surface area contributed by atoms with Crippen LogP contribution in [0, 0.1) is 12.7 Å². The quantitative estimate of drug-likeness (QED) is 0.706. The Bertz CT molecular complexity index is 1040. The lowest BCUT2D eigenvalue weighted by atomic mass is 9.85. The van der Waals surface area contributed by atoms with Crippen LogP contribution >= 0.6 is 0 Å². The Balaban J connectivity index is 1.64. The van der Waals surface area contributed by atoms with Crippen LogP contribution in [0.15, 0.2) is 42.5 Å². The predicted molar refractivity (Wildman–Crippen MR) is 126 cm³/mol. The van der Waals surface area contributed by atoms with E-state index >= 15 is 0 Å². The fourth-order valence-corrected chi connectivity index (χ4v) is 5.33. The number of likely N-dealkylation sites (tertiary alicyclic amines) is 1. The number of carbonyl (C=O) groups excluding carboxylic acids is 2. The maximum absolute atomic E-state index is 14.3. The Kier molecular flexibility index (Phi) is 6.70. The molecule has 7 heteroatoms. The number of methoxy groups -OCH3 is 1. The van der Waals surface area contributed by atoms with Crippen molar-refractivity contribution in [1.82, 2.24) is 10.2 Å². The summed E-state index contributed by atoms with van der Waals surface area (Å²) >= 11 is 0. The topological polar surface area (TPSA) is 70.7 Å². The average molecular weight is 454 g/mol. The zero-order valence-corrected chi connectivity index (χ0v) is 19.5. The van der Waals surface area contributed by atoms with Gasteiger partial charge in [-0.3, -0.25) is 14.5 Å². The van der Waals surface area contributed by atoms with Gasteiger partial charge >= 0.3 is 0 Å². The summed E-state index contributed by atoms with van der Waals surface area (Å²) in [5.41, 5.74) is 1.63. The number of amides is 2. The van der Waals surface area contributed by atoms with Gasteiger partial charge in [0, 0.05) is 18.5 Å². The van der Waals surface area contributed by atoms with Gasteiger partial charge in [-0.1, -0.05) is 24.6 Å². The molecule has 0 aromatic heterocycles. The third-order valence-electron chi connectivity index (χ3n) is 6.91. The van der Waals surface area contributed by atoms with Crippen LogP contribution < -0.4 is 15.4 Å². The van der Waals surface area contributed by atoms with Crippen LogP contribution in [0.25, 0.3) is 0 Å². The number of hydrogen-bond donors (Lipinski definition) is 2. The first-order chi connectivity index (χ1) is 15.8. The highest BCUT2D eigenvalue weighted by Gasteiger charge is 2.51. The van der Waals surface area contributed by atoms with Crippen LogP contribution in [0.4, 0.5) is 10.1 Å². The SMILES string of the molecule is COc1cccc([C@@H]2C[C@]3(C)NC(=O)CCCC[C@@H]3N2CC(=O)Nc2cc(C)ccc2F)c1. The highest BCUT2D eigenvalue weighted by molar-refractivity contribution is 5.92. The van der Waals surface area contributed by atoms with Crippen molar-refractivity contribution in [1.29, 1.82) is 0 Å². The van der Waals surface area contributed by atoms with Gasteiger partial charge < -0.3 is 15.4 Å². The van der Waals surface area contributed by atoms with Crippen molar-refractivity contribution in [3.05, 3.63) is 59.4 Å². The van der Waals surface area contributed by atoms with E-state index in [1.165, 1.54) is 6.07 Å². The average Bonchev–Trinajstić information content (AvgIpc) is 3.03. The summed E-state index contributed by atoms with van der Waals surface area (Å²) < 4.78 is 19.7. The van der Waals surface area contributed by atoms with E-state index in [4.69, 9.17) is 4.74 Å². The van der Waals surface area contributed by atoms with Crippen LogP contribution in [0.3, 0.4) is 0 Å². The van der Waals surface area contributed by atoms with Gasteiger partial charge in [-0.15, -0.1) is 0 Å². The van der Waals surface area contributed by atoms with E-state index in [1.807, 2.05) is 31.2 Å². The number of halogens is 1. The van der Waals surface area contributed by atoms with Crippen molar-refractivity contribution >= 4 is 17.5 Å². The van der Waals surface area contributed by atoms with E-state index in [-0.39, 0.29) is 36.1 Å². The Morgan fingerprint density at radius 3 is 2.88 bits per heavy atom. The van der Waals surface area contributed by atoms with Crippen LogP contribution in [-0.4, -0.2) is 41.9 Å². The number of hydrogen-bond acceptors (Lipinski definition) is 4. The van der Waals surface area contributed by atoms with Gasteiger partial charge in [0.2, 0.25) is 11.8 Å². The molecular weight excluding hydrogens is 421 g/mol.